The molecule has 0 aliphatic heterocycles. The van der Waals surface area contributed by atoms with E-state index in [1.165, 1.54) is 6.42 Å². The lowest BCUT2D eigenvalue weighted by atomic mass is 9.69. The maximum Gasteiger partial charge on any atom is 0.303 e. The van der Waals surface area contributed by atoms with Crippen LogP contribution in [0.1, 0.15) is 44.3 Å². The van der Waals surface area contributed by atoms with Gasteiger partial charge in [0.1, 0.15) is 5.82 Å². The van der Waals surface area contributed by atoms with Crippen LogP contribution in [0.15, 0.2) is 24.3 Å². The zero-order chi connectivity index (χ0) is 14.0. The number of imidazole rings is 1. The molecule has 0 spiro atoms. The molecule has 0 unspecified atom stereocenters. The van der Waals surface area contributed by atoms with E-state index in [1.54, 1.807) is 0 Å². The van der Waals surface area contributed by atoms with Crippen LogP contribution in [0.5, 0.6) is 0 Å². The van der Waals surface area contributed by atoms with Crippen LogP contribution in [-0.2, 0) is 11.2 Å². The van der Waals surface area contributed by atoms with Crippen LogP contribution in [0.3, 0.4) is 0 Å². The van der Waals surface area contributed by atoms with Crippen LogP contribution in [0.4, 0.5) is 0 Å². The van der Waals surface area contributed by atoms with Crippen LogP contribution in [-0.4, -0.2) is 21.0 Å². The lowest BCUT2D eigenvalue weighted by Crippen LogP contribution is -2.30. The molecule has 1 heterocycles. The fourth-order valence-electron chi connectivity index (χ4n) is 3.48. The fraction of sp³-hybridized carbons (Fsp3) is 0.500. The number of carboxylic acid groups (broad SMARTS) is 1. The topological polar surface area (TPSA) is 66.0 Å². The quantitative estimate of drug-likeness (QED) is 0.894. The molecular formula is C16H20N2O2. The molecule has 1 saturated carbocycles. The van der Waals surface area contributed by atoms with Gasteiger partial charge in [0.25, 0.3) is 0 Å². The summed E-state index contributed by atoms with van der Waals surface area (Å²) in [5.41, 5.74) is 1.88. The van der Waals surface area contributed by atoms with Gasteiger partial charge in [-0.1, -0.05) is 31.4 Å². The van der Waals surface area contributed by atoms with Crippen molar-refractivity contribution in [2.24, 2.45) is 5.41 Å². The van der Waals surface area contributed by atoms with Gasteiger partial charge >= 0.3 is 5.97 Å². The molecule has 3 rings (SSSR count). The summed E-state index contributed by atoms with van der Waals surface area (Å²) < 4.78 is 0. The van der Waals surface area contributed by atoms with Gasteiger partial charge in [-0.05, 0) is 30.4 Å². The van der Waals surface area contributed by atoms with Crippen molar-refractivity contribution in [2.75, 3.05) is 0 Å². The Balaban J connectivity index is 1.86. The molecule has 106 valence electrons. The van der Waals surface area contributed by atoms with Crippen molar-refractivity contribution in [1.82, 2.24) is 9.97 Å². The number of aliphatic carboxylic acids is 1. The standard InChI is InChI=1S/C16H20N2O2/c19-15(20)11-16(8-4-1-5-9-16)10-14-17-12-6-2-3-7-13(12)18-14/h2-3,6-7H,1,4-5,8-11H2,(H,17,18)(H,19,20). The molecular weight excluding hydrogens is 252 g/mol. The minimum absolute atomic E-state index is 0.113. The molecule has 1 aliphatic carbocycles. The summed E-state index contributed by atoms with van der Waals surface area (Å²) in [6, 6.07) is 7.95. The molecule has 2 N–H and O–H groups in total. The van der Waals surface area contributed by atoms with Crippen molar-refractivity contribution in [1.29, 1.82) is 0 Å². The van der Waals surface area contributed by atoms with Crippen LogP contribution in [0.2, 0.25) is 0 Å². The van der Waals surface area contributed by atoms with Crippen molar-refractivity contribution in [2.45, 2.75) is 44.9 Å². The number of para-hydroxylation sites is 2. The number of aromatic amines is 1. The molecule has 1 fully saturated rings. The van der Waals surface area contributed by atoms with Crippen molar-refractivity contribution >= 4 is 17.0 Å². The Bertz CT molecular complexity index is 579. The summed E-state index contributed by atoms with van der Waals surface area (Å²) in [6.45, 7) is 0. The zero-order valence-electron chi connectivity index (χ0n) is 11.6. The highest BCUT2D eigenvalue weighted by molar-refractivity contribution is 5.74. The summed E-state index contributed by atoms with van der Waals surface area (Å²) in [4.78, 5) is 19.2. The Morgan fingerprint density at radius 3 is 2.70 bits per heavy atom. The Hall–Kier alpha value is -1.84. The number of hydrogen-bond acceptors (Lipinski definition) is 2. The van der Waals surface area contributed by atoms with Crippen LogP contribution < -0.4 is 0 Å². The second-order valence-corrected chi connectivity index (χ2v) is 6.01. The Kier molecular flexibility index (Phi) is 3.47. The number of benzene rings is 1. The van der Waals surface area contributed by atoms with E-state index in [-0.39, 0.29) is 11.8 Å². The largest absolute Gasteiger partial charge is 0.481 e. The first-order valence-corrected chi connectivity index (χ1v) is 7.32. The monoisotopic (exact) mass is 272 g/mol. The number of rotatable bonds is 4. The van der Waals surface area contributed by atoms with Gasteiger partial charge in [-0.3, -0.25) is 4.79 Å². The molecule has 0 bridgehead atoms. The SMILES string of the molecule is O=C(O)CC1(Cc2nc3ccccc3[nH]2)CCCCC1. The number of aromatic nitrogens is 2. The van der Waals surface area contributed by atoms with E-state index in [0.717, 1.165) is 49.0 Å². The van der Waals surface area contributed by atoms with Gasteiger partial charge in [0, 0.05) is 6.42 Å². The van der Waals surface area contributed by atoms with Gasteiger partial charge in [0.05, 0.1) is 17.5 Å². The third kappa shape index (κ3) is 2.69. The summed E-state index contributed by atoms with van der Waals surface area (Å²) in [7, 11) is 0. The first kappa shape index (κ1) is 13.2. The van der Waals surface area contributed by atoms with Gasteiger partial charge in [-0.25, -0.2) is 4.98 Å². The number of carboxylic acids is 1. The normalized spacial score (nSPS) is 18.2. The van der Waals surface area contributed by atoms with E-state index in [1.807, 2.05) is 24.3 Å². The van der Waals surface area contributed by atoms with Gasteiger partial charge in [-0.2, -0.15) is 0 Å². The highest BCUT2D eigenvalue weighted by atomic mass is 16.4. The van der Waals surface area contributed by atoms with Gasteiger partial charge in [0.15, 0.2) is 0 Å². The van der Waals surface area contributed by atoms with Crippen molar-refractivity contribution in [3.05, 3.63) is 30.1 Å². The molecule has 0 atom stereocenters. The number of H-pyrrole nitrogens is 1. The number of fused-ring (bicyclic) bond motifs is 1. The molecule has 0 amide bonds. The lowest BCUT2D eigenvalue weighted by Gasteiger charge is -2.35. The summed E-state index contributed by atoms with van der Waals surface area (Å²) in [5, 5.41) is 9.22. The number of nitrogens with one attached hydrogen (secondary N) is 1. The minimum Gasteiger partial charge on any atom is -0.481 e. The van der Waals surface area contributed by atoms with Crippen LogP contribution in [0.25, 0.3) is 11.0 Å². The van der Waals surface area contributed by atoms with Crippen molar-refractivity contribution < 1.29 is 9.90 Å². The van der Waals surface area contributed by atoms with Crippen molar-refractivity contribution in [3.8, 4) is 0 Å². The maximum absolute atomic E-state index is 11.2. The Labute approximate surface area is 118 Å². The third-order valence-electron chi connectivity index (χ3n) is 4.42. The van der Waals surface area contributed by atoms with E-state index in [2.05, 4.69) is 9.97 Å². The summed E-state index contributed by atoms with van der Waals surface area (Å²) in [6.07, 6.45) is 6.48. The first-order chi connectivity index (χ1) is 9.67. The van der Waals surface area contributed by atoms with Gasteiger partial charge in [0.2, 0.25) is 0 Å². The Morgan fingerprint density at radius 1 is 1.25 bits per heavy atom. The Morgan fingerprint density at radius 2 is 2.00 bits per heavy atom. The average Bonchev–Trinajstić information content (AvgIpc) is 2.80. The van der Waals surface area contributed by atoms with Crippen molar-refractivity contribution in [3.63, 3.8) is 0 Å². The number of hydrogen-bond donors (Lipinski definition) is 2. The molecule has 20 heavy (non-hydrogen) atoms. The van der Waals surface area contributed by atoms with Crippen LogP contribution in [0, 0.1) is 5.41 Å². The van der Waals surface area contributed by atoms with E-state index >= 15 is 0 Å². The highest BCUT2D eigenvalue weighted by Gasteiger charge is 2.35. The average molecular weight is 272 g/mol. The summed E-state index contributed by atoms with van der Waals surface area (Å²) in [5.74, 6) is 0.234. The van der Waals surface area contributed by atoms with E-state index in [4.69, 9.17) is 0 Å². The van der Waals surface area contributed by atoms with Crippen LogP contribution >= 0.6 is 0 Å². The van der Waals surface area contributed by atoms with E-state index in [9.17, 15) is 9.90 Å². The fourth-order valence-corrected chi connectivity index (χ4v) is 3.48. The second-order valence-electron chi connectivity index (χ2n) is 6.01. The molecule has 0 radical (unpaired) electrons. The van der Waals surface area contributed by atoms with Gasteiger partial charge < -0.3 is 10.1 Å². The van der Waals surface area contributed by atoms with E-state index in [0.29, 0.717) is 0 Å². The minimum atomic E-state index is -0.692. The smallest absolute Gasteiger partial charge is 0.303 e. The second kappa shape index (κ2) is 5.27. The highest BCUT2D eigenvalue weighted by Crippen LogP contribution is 2.41. The molecule has 1 aliphatic rings. The lowest BCUT2D eigenvalue weighted by molar-refractivity contribution is -0.140. The molecule has 0 saturated heterocycles. The molecule has 4 nitrogen and oxygen atoms in total. The summed E-state index contributed by atoms with van der Waals surface area (Å²) >= 11 is 0. The maximum atomic E-state index is 11.2. The molecule has 4 heteroatoms. The number of nitrogens with zero attached hydrogens (tertiary/aromatic N) is 1. The first-order valence-electron chi connectivity index (χ1n) is 7.32. The van der Waals surface area contributed by atoms with E-state index < -0.39 is 5.97 Å². The molecule has 1 aromatic carbocycles. The predicted octanol–water partition coefficient (Wildman–Crippen LogP) is 3.53. The molecule has 2 aromatic rings. The zero-order valence-corrected chi connectivity index (χ0v) is 11.6. The van der Waals surface area contributed by atoms with Gasteiger partial charge in [-0.15, -0.1) is 0 Å². The predicted molar refractivity (Wildman–Crippen MR) is 77.6 cm³/mol. The number of carbonyl (C=O) groups is 1. The molecule has 1 aromatic heterocycles. The third-order valence-corrected chi connectivity index (χ3v) is 4.42.